The summed E-state index contributed by atoms with van der Waals surface area (Å²) in [6.45, 7) is 9.60. The number of ether oxygens (including phenoxy) is 2. The van der Waals surface area contributed by atoms with Gasteiger partial charge in [-0.05, 0) is 31.7 Å². The van der Waals surface area contributed by atoms with Gasteiger partial charge in [-0.1, -0.05) is 57.0 Å². The third-order valence-electron chi connectivity index (χ3n) is 3.80. The molecule has 0 spiro atoms. The average molecular weight is 307 g/mol. The Labute approximate surface area is 136 Å². The Balaban J connectivity index is 2.42. The largest absolute Gasteiger partial charge is 0.366 e. The maximum atomic E-state index is 5.80. The van der Waals surface area contributed by atoms with Crippen LogP contribution in [0.1, 0.15) is 52.0 Å². The van der Waals surface area contributed by atoms with E-state index in [0.717, 1.165) is 32.5 Å². The zero-order chi connectivity index (χ0) is 16.0. The molecule has 3 nitrogen and oxygen atoms in total. The Bertz CT molecular complexity index is 344. The highest BCUT2D eigenvalue weighted by Gasteiger charge is 2.14. The second kappa shape index (κ2) is 12.6. The first-order chi connectivity index (χ1) is 10.8. The summed E-state index contributed by atoms with van der Waals surface area (Å²) in [5.74, 6) is 0. The highest BCUT2D eigenvalue weighted by molar-refractivity contribution is 5.15. The van der Waals surface area contributed by atoms with Crippen LogP contribution < -0.4 is 0 Å². The van der Waals surface area contributed by atoms with Crippen LogP contribution in [0.4, 0.5) is 0 Å². The van der Waals surface area contributed by atoms with Crippen LogP contribution in [0.3, 0.4) is 0 Å². The molecular formula is C19H33NO2. The first-order valence-corrected chi connectivity index (χ1v) is 8.71. The number of benzene rings is 1. The van der Waals surface area contributed by atoms with Gasteiger partial charge >= 0.3 is 0 Å². The second-order valence-electron chi connectivity index (χ2n) is 5.91. The van der Waals surface area contributed by atoms with E-state index < -0.39 is 0 Å². The van der Waals surface area contributed by atoms with Crippen molar-refractivity contribution < 1.29 is 9.47 Å². The van der Waals surface area contributed by atoms with Crippen molar-refractivity contribution in [3.63, 3.8) is 0 Å². The van der Waals surface area contributed by atoms with Crippen molar-refractivity contribution in [2.75, 3.05) is 26.7 Å². The summed E-state index contributed by atoms with van der Waals surface area (Å²) in [5, 5.41) is 0. The summed E-state index contributed by atoms with van der Waals surface area (Å²) in [7, 11) is 0. The molecule has 0 aliphatic carbocycles. The fourth-order valence-electron chi connectivity index (χ4n) is 2.23. The average Bonchev–Trinajstić information content (AvgIpc) is 2.54. The Kier molecular flexibility index (Phi) is 11.0. The zero-order valence-electron chi connectivity index (χ0n) is 14.6. The molecule has 0 heterocycles. The second-order valence-corrected chi connectivity index (χ2v) is 5.91. The number of hydrogen-bond donors (Lipinski definition) is 0. The van der Waals surface area contributed by atoms with Crippen molar-refractivity contribution in [3.05, 3.63) is 35.9 Å². The summed E-state index contributed by atoms with van der Waals surface area (Å²) in [6, 6.07) is 11.0. The Hall–Kier alpha value is -0.900. The van der Waals surface area contributed by atoms with E-state index in [9.17, 15) is 0 Å². The minimum Gasteiger partial charge on any atom is -0.366 e. The predicted octanol–water partition coefficient (Wildman–Crippen LogP) is 4.47. The Morgan fingerprint density at radius 3 is 1.95 bits per heavy atom. The van der Waals surface area contributed by atoms with Crippen LogP contribution in [0.25, 0.3) is 0 Å². The Morgan fingerprint density at radius 2 is 1.45 bits per heavy atom. The maximum Gasteiger partial charge on any atom is 0.101 e. The molecule has 22 heavy (non-hydrogen) atoms. The van der Waals surface area contributed by atoms with E-state index in [1.54, 1.807) is 0 Å². The molecule has 0 bridgehead atoms. The lowest BCUT2D eigenvalue weighted by molar-refractivity contribution is -0.0638. The van der Waals surface area contributed by atoms with Crippen molar-refractivity contribution in [1.29, 1.82) is 0 Å². The highest BCUT2D eigenvalue weighted by Crippen LogP contribution is 2.09. The summed E-state index contributed by atoms with van der Waals surface area (Å²) >= 11 is 0. The van der Waals surface area contributed by atoms with E-state index in [1.165, 1.54) is 18.4 Å². The quantitative estimate of drug-likeness (QED) is 0.396. The lowest BCUT2D eigenvalue weighted by atomic mass is 10.1. The molecule has 0 aliphatic heterocycles. The van der Waals surface area contributed by atoms with Gasteiger partial charge in [0.2, 0.25) is 0 Å². The molecule has 0 saturated carbocycles. The normalized spacial score (nSPS) is 12.7. The molecule has 0 aromatic heterocycles. The number of nitrogens with zero attached hydrogens (tertiary/aromatic N) is 1. The van der Waals surface area contributed by atoms with Crippen LogP contribution in [0.15, 0.2) is 30.3 Å². The van der Waals surface area contributed by atoms with E-state index >= 15 is 0 Å². The summed E-state index contributed by atoms with van der Waals surface area (Å²) < 4.78 is 11.6. The molecule has 0 N–H and O–H groups in total. The lowest BCUT2D eigenvalue weighted by Crippen LogP contribution is -2.38. The monoisotopic (exact) mass is 307 g/mol. The number of unbranched alkanes of at least 4 members (excludes halogenated alkanes) is 2. The SMILES string of the molecule is CCCCOCN(COCCCC)[C@@H](C)Cc1ccccc1. The minimum absolute atomic E-state index is 0.408. The van der Waals surface area contributed by atoms with Crippen LogP contribution in [0.5, 0.6) is 0 Å². The van der Waals surface area contributed by atoms with Gasteiger partial charge in [0, 0.05) is 19.3 Å². The van der Waals surface area contributed by atoms with E-state index in [-0.39, 0.29) is 0 Å². The van der Waals surface area contributed by atoms with Crippen LogP contribution in [0, 0.1) is 0 Å². The molecule has 1 aromatic carbocycles. The van der Waals surface area contributed by atoms with Crippen molar-refractivity contribution in [1.82, 2.24) is 4.90 Å². The van der Waals surface area contributed by atoms with Crippen molar-refractivity contribution >= 4 is 0 Å². The zero-order valence-corrected chi connectivity index (χ0v) is 14.6. The standard InChI is InChI=1S/C19H33NO2/c1-4-6-13-21-16-20(17-22-14-7-5-2)18(3)15-19-11-9-8-10-12-19/h8-12,18H,4-7,13-17H2,1-3H3/t18-/m0/s1. The van der Waals surface area contributed by atoms with E-state index in [1.807, 2.05) is 0 Å². The smallest absolute Gasteiger partial charge is 0.101 e. The Morgan fingerprint density at radius 1 is 0.909 bits per heavy atom. The van der Waals surface area contributed by atoms with E-state index in [4.69, 9.17) is 9.47 Å². The molecule has 0 unspecified atom stereocenters. The molecular weight excluding hydrogens is 274 g/mol. The van der Waals surface area contributed by atoms with Gasteiger partial charge in [-0.25, -0.2) is 0 Å². The molecule has 1 aromatic rings. The molecule has 0 radical (unpaired) electrons. The molecule has 3 heteroatoms. The van der Waals surface area contributed by atoms with Gasteiger partial charge in [0.1, 0.15) is 13.5 Å². The van der Waals surface area contributed by atoms with E-state index in [2.05, 4.69) is 56.0 Å². The molecule has 1 rings (SSSR count). The summed E-state index contributed by atoms with van der Waals surface area (Å²) in [4.78, 5) is 2.29. The van der Waals surface area contributed by atoms with Crippen molar-refractivity contribution in [2.45, 2.75) is 58.9 Å². The van der Waals surface area contributed by atoms with Crippen LogP contribution in [-0.4, -0.2) is 37.6 Å². The highest BCUT2D eigenvalue weighted by atomic mass is 16.5. The maximum absolute atomic E-state index is 5.80. The third kappa shape index (κ3) is 8.52. The van der Waals surface area contributed by atoms with Crippen LogP contribution in [0.2, 0.25) is 0 Å². The number of hydrogen-bond acceptors (Lipinski definition) is 3. The first kappa shape index (κ1) is 19.1. The predicted molar refractivity (Wildman–Crippen MR) is 92.9 cm³/mol. The summed E-state index contributed by atoms with van der Waals surface area (Å²) in [6.07, 6.45) is 5.61. The molecule has 1 atom stereocenters. The minimum atomic E-state index is 0.408. The van der Waals surface area contributed by atoms with Gasteiger partial charge in [-0.2, -0.15) is 0 Å². The van der Waals surface area contributed by atoms with Gasteiger partial charge in [-0.15, -0.1) is 0 Å². The first-order valence-electron chi connectivity index (χ1n) is 8.71. The number of rotatable bonds is 13. The topological polar surface area (TPSA) is 21.7 Å². The molecule has 0 amide bonds. The van der Waals surface area contributed by atoms with Crippen LogP contribution in [-0.2, 0) is 15.9 Å². The molecule has 0 saturated heterocycles. The third-order valence-corrected chi connectivity index (χ3v) is 3.80. The summed E-state index contributed by atoms with van der Waals surface area (Å²) in [5.41, 5.74) is 1.36. The van der Waals surface area contributed by atoms with Gasteiger partial charge < -0.3 is 9.47 Å². The molecule has 126 valence electrons. The van der Waals surface area contributed by atoms with Gasteiger partial charge in [-0.3, -0.25) is 4.90 Å². The van der Waals surface area contributed by atoms with Crippen LogP contribution >= 0.6 is 0 Å². The fraction of sp³-hybridized carbons (Fsp3) is 0.684. The fourth-order valence-corrected chi connectivity index (χ4v) is 2.23. The van der Waals surface area contributed by atoms with Crippen molar-refractivity contribution in [2.24, 2.45) is 0 Å². The molecule has 0 fully saturated rings. The molecule has 0 aliphatic rings. The van der Waals surface area contributed by atoms with E-state index in [0.29, 0.717) is 19.5 Å². The van der Waals surface area contributed by atoms with Crippen molar-refractivity contribution in [3.8, 4) is 0 Å². The van der Waals surface area contributed by atoms with Gasteiger partial charge in [0.25, 0.3) is 0 Å². The van der Waals surface area contributed by atoms with Gasteiger partial charge in [0.05, 0.1) is 0 Å². The lowest BCUT2D eigenvalue weighted by Gasteiger charge is -2.28. The van der Waals surface area contributed by atoms with Gasteiger partial charge in [0.15, 0.2) is 0 Å².